The van der Waals surface area contributed by atoms with Crippen LogP contribution in [0.2, 0.25) is 0 Å². The second kappa shape index (κ2) is 6.58. The number of amides is 1. The molecule has 0 unspecified atom stereocenters. The van der Waals surface area contributed by atoms with Crippen molar-refractivity contribution in [2.24, 2.45) is 0 Å². The van der Waals surface area contributed by atoms with E-state index in [0.29, 0.717) is 11.7 Å². The smallest absolute Gasteiger partial charge is 0.233 e. The van der Waals surface area contributed by atoms with Crippen molar-refractivity contribution in [2.45, 2.75) is 23.8 Å². The number of rotatable bonds is 6. The van der Waals surface area contributed by atoms with Gasteiger partial charge in [0.25, 0.3) is 0 Å². The molecule has 102 valence electrons. The summed E-state index contributed by atoms with van der Waals surface area (Å²) < 4.78 is 0. The molecule has 2 heterocycles. The van der Waals surface area contributed by atoms with Crippen LogP contribution in [0.3, 0.4) is 0 Å². The Labute approximate surface area is 119 Å². The standard InChI is InChI=1S/C11H15N5OS2/c1-7(19-11-14-10(12)15-16-11)9(17)13-5-4-8-3-2-6-18-8/h2-3,6-7H,4-5H2,1H3,(H,13,17)(H3,12,14,15,16)/t7-/m0/s1. The minimum Gasteiger partial charge on any atom is -0.368 e. The zero-order valence-electron chi connectivity index (χ0n) is 10.4. The van der Waals surface area contributed by atoms with Crippen molar-refractivity contribution in [2.75, 3.05) is 12.3 Å². The lowest BCUT2D eigenvalue weighted by Gasteiger charge is -2.09. The Balaban J connectivity index is 1.73. The van der Waals surface area contributed by atoms with Crippen molar-refractivity contribution >= 4 is 35.0 Å². The van der Waals surface area contributed by atoms with Crippen molar-refractivity contribution in [3.05, 3.63) is 22.4 Å². The van der Waals surface area contributed by atoms with E-state index in [-0.39, 0.29) is 17.1 Å². The zero-order valence-corrected chi connectivity index (χ0v) is 12.1. The van der Waals surface area contributed by atoms with Gasteiger partial charge in [-0.05, 0) is 24.8 Å². The molecule has 0 aliphatic heterocycles. The van der Waals surface area contributed by atoms with E-state index in [1.807, 2.05) is 18.4 Å². The second-order valence-corrected chi connectivity index (χ2v) is 6.22. The number of nitrogens with two attached hydrogens (primary N) is 1. The van der Waals surface area contributed by atoms with Crippen LogP contribution in [0.15, 0.2) is 22.7 Å². The molecule has 1 atom stereocenters. The third-order valence-electron chi connectivity index (χ3n) is 2.38. The Morgan fingerprint density at radius 1 is 1.68 bits per heavy atom. The molecule has 4 N–H and O–H groups in total. The fourth-order valence-corrected chi connectivity index (χ4v) is 2.89. The van der Waals surface area contributed by atoms with Gasteiger partial charge < -0.3 is 11.1 Å². The Hall–Kier alpha value is -1.54. The molecule has 19 heavy (non-hydrogen) atoms. The number of aromatic amines is 1. The maximum Gasteiger partial charge on any atom is 0.233 e. The molecule has 0 fully saturated rings. The Morgan fingerprint density at radius 3 is 3.16 bits per heavy atom. The topological polar surface area (TPSA) is 96.7 Å². The summed E-state index contributed by atoms with van der Waals surface area (Å²) in [4.78, 5) is 17.1. The van der Waals surface area contributed by atoms with E-state index in [2.05, 4.69) is 26.6 Å². The molecule has 8 heteroatoms. The van der Waals surface area contributed by atoms with Gasteiger partial charge in [-0.25, -0.2) is 5.10 Å². The normalized spacial score (nSPS) is 12.3. The summed E-state index contributed by atoms with van der Waals surface area (Å²) in [6.07, 6.45) is 0.856. The van der Waals surface area contributed by atoms with Gasteiger partial charge in [0.05, 0.1) is 5.25 Å². The fourth-order valence-electron chi connectivity index (χ4n) is 1.43. The van der Waals surface area contributed by atoms with Crippen LogP contribution in [0.5, 0.6) is 0 Å². The van der Waals surface area contributed by atoms with E-state index in [0.717, 1.165) is 6.42 Å². The average Bonchev–Trinajstić information content (AvgIpc) is 3.01. The number of carbonyl (C=O) groups is 1. The number of thioether (sulfide) groups is 1. The monoisotopic (exact) mass is 297 g/mol. The van der Waals surface area contributed by atoms with Crippen LogP contribution in [0.4, 0.5) is 5.95 Å². The first kappa shape index (κ1) is 13.9. The van der Waals surface area contributed by atoms with Gasteiger partial charge in [-0.15, -0.1) is 16.4 Å². The van der Waals surface area contributed by atoms with Gasteiger partial charge >= 0.3 is 0 Å². The van der Waals surface area contributed by atoms with Gasteiger partial charge in [0.2, 0.25) is 17.0 Å². The second-order valence-electron chi connectivity index (χ2n) is 3.88. The number of hydrogen-bond acceptors (Lipinski definition) is 6. The fraction of sp³-hybridized carbons (Fsp3) is 0.364. The number of aromatic nitrogens is 3. The average molecular weight is 297 g/mol. The quantitative estimate of drug-likeness (QED) is 0.698. The predicted molar refractivity (Wildman–Crippen MR) is 77.1 cm³/mol. The largest absolute Gasteiger partial charge is 0.368 e. The van der Waals surface area contributed by atoms with E-state index in [1.165, 1.54) is 16.6 Å². The molecular formula is C11H15N5OS2. The molecule has 6 nitrogen and oxygen atoms in total. The number of carbonyl (C=O) groups excluding carboxylic acids is 1. The highest BCUT2D eigenvalue weighted by Crippen LogP contribution is 2.19. The highest BCUT2D eigenvalue weighted by Gasteiger charge is 2.16. The van der Waals surface area contributed by atoms with E-state index >= 15 is 0 Å². The van der Waals surface area contributed by atoms with Crippen LogP contribution < -0.4 is 11.1 Å². The Bertz CT molecular complexity index is 525. The summed E-state index contributed by atoms with van der Waals surface area (Å²) in [7, 11) is 0. The van der Waals surface area contributed by atoms with E-state index in [4.69, 9.17) is 5.73 Å². The molecule has 0 aromatic carbocycles. The van der Waals surface area contributed by atoms with Crippen LogP contribution in [0, 0.1) is 0 Å². The lowest BCUT2D eigenvalue weighted by atomic mass is 10.3. The number of nitrogens with one attached hydrogen (secondary N) is 2. The molecular weight excluding hydrogens is 282 g/mol. The molecule has 0 radical (unpaired) electrons. The molecule has 0 saturated carbocycles. The maximum absolute atomic E-state index is 11.9. The molecule has 1 amide bonds. The van der Waals surface area contributed by atoms with Crippen molar-refractivity contribution in [3.63, 3.8) is 0 Å². The Kier molecular flexibility index (Phi) is 4.80. The summed E-state index contributed by atoms with van der Waals surface area (Å²) in [6.45, 7) is 2.46. The third kappa shape index (κ3) is 4.25. The van der Waals surface area contributed by atoms with Crippen LogP contribution in [0.25, 0.3) is 0 Å². The molecule has 2 aromatic rings. The lowest BCUT2D eigenvalue weighted by Crippen LogP contribution is -2.32. The molecule has 0 spiro atoms. The van der Waals surface area contributed by atoms with Crippen molar-refractivity contribution < 1.29 is 4.79 Å². The van der Waals surface area contributed by atoms with Crippen molar-refractivity contribution in [1.82, 2.24) is 20.5 Å². The SMILES string of the molecule is C[C@H](Sc1n[nH]c(N)n1)C(=O)NCCc1cccs1. The van der Waals surface area contributed by atoms with Crippen LogP contribution >= 0.6 is 23.1 Å². The number of anilines is 1. The number of H-pyrrole nitrogens is 1. The van der Waals surface area contributed by atoms with E-state index in [1.54, 1.807) is 11.3 Å². The van der Waals surface area contributed by atoms with Crippen LogP contribution in [-0.2, 0) is 11.2 Å². The summed E-state index contributed by atoms with van der Waals surface area (Å²) in [5.41, 5.74) is 5.42. The zero-order chi connectivity index (χ0) is 13.7. The minimum atomic E-state index is -0.251. The number of hydrogen-bond donors (Lipinski definition) is 3. The summed E-state index contributed by atoms with van der Waals surface area (Å²) in [6, 6.07) is 4.07. The predicted octanol–water partition coefficient (Wildman–Crippen LogP) is 1.29. The Morgan fingerprint density at radius 2 is 2.53 bits per heavy atom. The van der Waals surface area contributed by atoms with Gasteiger partial charge in [-0.3, -0.25) is 4.79 Å². The summed E-state index contributed by atoms with van der Waals surface area (Å²) >= 11 is 2.97. The molecule has 2 rings (SSSR count). The number of thiophene rings is 1. The number of nitrogen functional groups attached to an aromatic ring is 1. The first-order valence-electron chi connectivity index (χ1n) is 5.80. The van der Waals surface area contributed by atoms with Crippen LogP contribution in [-0.4, -0.2) is 32.9 Å². The van der Waals surface area contributed by atoms with Gasteiger partial charge in [0, 0.05) is 11.4 Å². The van der Waals surface area contributed by atoms with Gasteiger partial charge in [-0.2, -0.15) is 4.98 Å². The van der Waals surface area contributed by atoms with Crippen molar-refractivity contribution in [1.29, 1.82) is 0 Å². The van der Waals surface area contributed by atoms with Crippen molar-refractivity contribution in [3.8, 4) is 0 Å². The van der Waals surface area contributed by atoms with Gasteiger partial charge in [0.1, 0.15) is 0 Å². The van der Waals surface area contributed by atoms with Gasteiger partial charge in [0.15, 0.2) is 0 Å². The van der Waals surface area contributed by atoms with Gasteiger partial charge in [-0.1, -0.05) is 17.8 Å². The molecule has 2 aromatic heterocycles. The third-order valence-corrected chi connectivity index (χ3v) is 4.28. The summed E-state index contributed by atoms with van der Waals surface area (Å²) in [5.74, 6) is 0.234. The highest BCUT2D eigenvalue weighted by atomic mass is 32.2. The molecule has 0 aliphatic rings. The molecule has 0 saturated heterocycles. The first-order valence-corrected chi connectivity index (χ1v) is 7.55. The van der Waals surface area contributed by atoms with E-state index in [9.17, 15) is 4.79 Å². The summed E-state index contributed by atoms with van der Waals surface area (Å²) in [5, 5.41) is 11.6. The first-order chi connectivity index (χ1) is 9.15. The minimum absolute atomic E-state index is 0.0232. The molecule has 0 bridgehead atoms. The maximum atomic E-state index is 11.9. The highest BCUT2D eigenvalue weighted by molar-refractivity contribution is 8.00. The lowest BCUT2D eigenvalue weighted by molar-refractivity contribution is -0.120. The molecule has 0 aliphatic carbocycles. The van der Waals surface area contributed by atoms with Crippen LogP contribution in [0.1, 0.15) is 11.8 Å². The van der Waals surface area contributed by atoms with E-state index < -0.39 is 0 Å². The number of nitrogens with zero attached hydrogens (tertiary/aromatic N) is 2.